The lowest BCUT2D eigenvalue weighted by Crippen LogP contribution is -2.47. The summed E-state index contributed by atoms with van der Waals surface area (Å²) in [6, 6.07) is 21.9. The minimum absolute atomic E-state index is 0.0550. The van der Waals surface area contributed by atoms with Gasteiger partial charge in [0.05, 0.1) is 10.6 Å². The molecule has 0 bridgehead atoms. The zero-order chi connectivity index (χ0) is 26.2. The second kappa shape index (κ2) is 9.67. The van der Waals surface area contributed by atoms with Gasteiger partial charge in [-0.2, -0.15) is 0 Å². The van der Waals surface area contributed by atoms with Gasteiger partial charge in [0.15, 0.2) is 0 Å². The Morgan fingerprint density at radius 3 is 2.38 bits per heavy atom. The highest BCUT2D eigenvalue weighted by molar-refractivity contribution is 7.93. The van der Waals surface area contributed by atoms with Crippen LogP contribution in [0.1, 0.15) is 11.1 Å². The van der Waals surface area contributed by atoms with Crippen LogP contribution in [0.25, 0.3) is 11.1 Å². The topological polar surface area (TPSA) is 92.5 Å². The molecule has 1 aliphatic heterocycles. The van der Waals surface area contributed by atoms with Crippen LogP contribution >= 0.6 is 0 Å². The number of carbonyl (C=O) groups is 1. The van der Waals surface area contributed by atoms with E-state index in [1.165, 1.54) is 30.3 Å². The van der Waals surface area contributed by atoms with Crippen molar-refractivity contribution in [2.45, 2.75) is 23.9 Å². The molecular weight excluding hydrogens is 496 g/mol. The van der Waals surface area contributed by atoms with Crippen LogP contribution in [0.5, 0.6) is 0 Å². The average Bonchev–Trinajstić information content (AvgIpc) is 3.29. The number of carbonyl (C=O) groups excluding carboxylic acids is 1. The van der Waals surface area contributed by atoms with Gasteiger partial charge in [-0.25, -0.2) is 17.2 Å². The van der Waals surface area contributed by atoms with Gasteiger partial charge < -0.3 is 11.1 Å². The molecular formula is C28H23F2N3O3S. The zero-order valence-electron chi connectivity index (χ0n) is 19.6. The predicted octanol–water partition coefficient (Wildman–Crippen LogP) is 4.65. The van der Waals surface area contributed by atoms with Crippen molar-refractivity contribution in [3.63, 3.8) is 0 Å². The number of nitrogens with zero attached hydrogens (tertiary/aromatic N) is 1. The highest BCUT2D eigenvalue weighted by Gasteiger charge is 2.42. The Kier molecular flexibility index (Phi) is 6.39. The van der Waals surface area contributed by atoms with E-state index in [0.29, 0.717) is 16.9 Å². The molecule has 9 heteroatoms. The molecule has 6 nitrogen and oxygen atoms in total. The van der Waals surface area contributed by atoms with Gasteiger partial charge in [-0.3, -0.25) is 9.10 Å². The summed E-state index contributed by atoms with van der Waals surface area (Å²) in [5.74, 6) is -1.90. The first-order valence-corrected chi connectivity index (χ1v) is 13.0. The number of anilines is 2. The van der Waals surface area contributed by atoms with E-state index in [-0.39, 0.29) is 23.4 Å². The number of fused-ring (bicyclic) bond motifs is 1. The van der Waals surface area contributed by atoms with Crippen LogP contribution < -0.4 is 15.4 Å². The van der Waals surface area contributed by atoms with Crippen LogP contribution in [0.15, 0.2) is 95.9 Å². The fraction of sp³-hybridized carbons (Fsp3) is 0.107. The molecule has 3 N–H and O–H groups in total. The predicted molar refractivity (Wildman–Crippen MR) is 138 cm³/mol. The van der Waals surface area contributed by atoms with Crippen molar-refractivity contribution < 1.29 is 22.0 Å². The Morgan fingerprint density at radius 2 is 1.65 bits per heavy atom. The Balaban J connectivity index is 1.45. The number of hydrogen-bond donors (Lipinski definition) is 2. The Labute approximate surface area is 213 Å². The lowest BCUT2D eigenvalue weighted by molar-refractivity contribution is -0.122. The van der Waals surface area contributed by atoms with Crippen molar-refractivity contribution in [1.82, 2.24) is 5.32 Å². The average molecular weight is 520 g/mol. The number of nitrogens with two attached hydrogens (primary N) is 1. The molecule has 4 aromatic carbocycles. The number of halogens is 2. The maximum Gasteiger partial charge on any atom is 0.265 e. The van der Waals surface area contributed by atoms with Gasteiger partial charge in [0.2, 0.25) is 5.91 Å². The molecule has 1 heterocycles. The second-order valence-electron chi connectivity index (χ2n) is 8.71. The van der Waals surface area contributed by atoms with Gasteiger partial charge in [-0.05, 0) is 53.1 Å². The van der Waals surface area contributed by atoms with Crippen LogP contribution in [0.3, 0.4) is 0 Å². The third-order valence-corrected chi connectivity index (χ3v) is 8.23. The molecule has 0 fully saturated rings. The van der Waals surface area contributed by atoms with Crippen LogP contribution in [0, 0.1) is 11.6 Å². The van der Waals surface area contributed by atoms with Gasteiger partial charge in [0.25, 0.3) is 10.0 Å². The number of hydrogen-bond acceptors (Lipinski definition) is 4. The van der Waals surface area contributed by atoms with Crippen molar-refractivity contribution in [2.75, 3.05) is 10.0 Å². The van der Waals surface area contributed by atoms with Crippen molar-refractivity contribution >= 4 is 27.3 Å². The third kappa shape index (κ3) is 4.65. The van der Waals surface area contributed by atoms with Gasteiger partial charge >= 0.3 is 0 Å². The molecule has 0 saturated heterocycles. The third-order valence-electron chi connectivity index (χ3n) is 6.39. The maximum atomic E-state index is 14.2. The van der Waals surface area contributed by atoms with E-state index < -0.39 is 33.6 Å². The van der Waals surface area contributed by atoms with E-state index >= 15 is 0 Å². The standard InChI is InChI=1S/C28H23F2N3O3S/c29-21-11-14-23(24(30)16-21)18-9-12-22(13-10-18)37(35,36)33-26-8-4-2-5-19(26)15-27(33)28(34)32-17-20-6-1-3-7-25(20)31/h1-14,16,27H,15,17,31H2,(H,32,34)/t27-/m0/s1. The van der Waals surface area contributed by atoms with Crippen LogP contribution in [0.2, 0.25) is 0 Å². The maximum absolute atomic E-state index is 14.2. The zero-order valence-corrected chi connectivity index (χ0v) is 20.4. The minimum Gasteiger partial charge on any atom is -0.398 e. The van der Waals surface area contributed by atoms with Crippen LogP contribution in [-0.4, -0.2) is 20.4 Å². The molecule has 188 valence electrons. The van der Waals surface area contributed by atoms with Crippen molar-refractivity contribution in [3.8, 4) is 11.1 Å². The highest BCUT2D eigenvalue weighted by atomic mass is 32.2. The minimum atomic E-state index is -4.16. The van der Waals surface area contributed by atoms with Crippen LogP contribution in [0.4, 0.5) is 20.2 Å². The number of benzene rings is 4. The number of sulfonamides is 1. The van der Waals surface area contributed by atoms with E-state index in [1.807, 2.05) is 6.07 Å². The van der Waals surface area contributed by atoms with Gasteiger partial charge in [0, 0.05) is 30.3 Å². The lowest BCUT2D eigenvalue weighted by atomic mass is 10.1. The van der Waals surface area contributed by atoms with Crippen molar-refractivity contribution in [3.05, 3.63) is 114 Å². The van der Waals surface area contributed by atoms with Gasteiger partial charge in [-0.15, -0.1) is 0 Å². The largest absolute Gasteiger partial charge is 0.398 e. The molecule has 5 rings (SSSR count). The Bertz CT molecular complexity index is 1590. The summed E-state index contributed by atoms with van der Waals surface area (Å²) in [5.41, 5.74) is 8.93. The van der Waals surface area contributed by atoms with Crippen molar-refractivity contribution in [1.29, 1.82) is 0 Å². The fourth-order valence-corrected chi connectivity index (χ4v) is 6.14. The fourth-order valence-electron chi connectivity index (χ4n) is 4.49. The lowest BCUT2D eigenvalue weighted by Gasteiger charge is -2.26. The molecule has 4 aromatic rings. The summed E-state index contributed by atoms with van der Waals surface area (Å²) < 4.78 is 56.3. The van der Waals surface area contributed by atoms with E-state index in [2.05, 4.69) is 5.32 Å². The summed E-state index contributed by atoms with van der Waals surface area (Å²) in [4.78, 5) is 13.2. The Hall–Kier alpha value is -4.24. The number of nitrogen functional groups attached to an aromatic ring is 1. The van der Waals surface area contributed by atoms with E-state index in [9.17, 15) is 22.0 Å². The number of amides is 1. The summed E-state index contributed by atoms with van der Waals surface area (Å²) in [5, 5.41) is 2.81. The first-order chi connectivity index (χ1) is 17.8. The molecule has 0 aromatic heterocycles. The molecule has 0 aliphatic carbocycles. The summed E-state index contributed by atoms with van der Waals surface area (Å²) >= 11 is 0. The number of para-hydroxylation sites is 2. The quantitative estimate of drug-likeness (QED) is 0.363. The normalized spacial score (nSPS) is 14.9. The highest BCUT2D eigenvalue weighted by Crippen LogP contribution is 2.37. The van der Waals surface area contributed by atoms with Crippen LogP contribution in [-0.2, 0) is 27.8 Å². The molecule has 0 unspecified atom stereocenters. The Morgan fingerprint density at radius 1 is 0.946 bits per heavy atom. The molecule has 1 amide bonds. The molecule has 0 spiro atoms. The molecule has 1 atom stereocenters. The number of nitrogens with one attached hydrogen (secondary N) is 1. The smallest absolute Gasteiger partial charge is 0.265 e. The first kappa shape index (κ1) is 24.5. The summed E-state index contributed by atoms with van der Waals surface area (Å²) in [7, 11) is -4.16. The van der Waals surface area contributed by atoms with E-state index in [0.717, 1.165) is 27.6 Å². The molecule has 1 aliphatic rings. The molecule has 0 radical (unpaired) electrons. The summed E-state index contributed by atoms with van der Waals surface area (Å²) in [6.07, 6.45) is 0.213. The summed E-state index contributed by atoms with van der Waals surface area (Å²) in [6.45, 7) is 0.157. The van der Waals surface area contributed by atoms with E-state index in [1.54, 1.807) is 42.5 Å². The molecule has 0 saturated carbocycles. The van der Waals surface area contributed by atoms with Gasteiger partial charge in [0.1, 0.15) is 17.7 Å². The second-order valence-corrected chi connectivity index (χ2v) is 10.5. The van der Waals surface area contributed by atoms with E-state index in [4.69, 9.17) is 5.73 Å². The van der Waals surface area contributed by atoms with Crippen molar-refractivity contribution in [2.24, 2.45) is 0 Å². The monoisotopic (exact) mass is 519 g/mol. The SMILES string of the molecule is Nc1ccccc1CNC(=O)[C@@H]1Cc2ccccc2N1S(=O)(=O)c1ccc(-c2ccc(F)cc2F)cc1. The molecule has 37 heavy (non-hydrogen) atoms. The van der Waals surface area contributed by atoms with Gasteiger partial charge in [-0.1, -0.05) is 48.5 Å². The first-order valence-electron chi connectivity index (χ1n) is 11.5. The number of rotatable bonds is 6.